The maximum Gasteiger partial charge on any atom is 0.176 e. The molecule has 2 unspecified atom stereocenters. The monoisotopic (exact) mass is 324 g/mol. The van der Waals surface area contributed by atoms with E-state index in [4.69, 9.17) is 0 Å². The van der Waals surface area contributed by atoms with Crippen LogP contribution in [0.1, 0.15) is 31.7 Å². The SMILES string of the molecule is CC12CCCC1C(c1ccc(O)c(F)c1)=C(Br)C2=O. The van der Waals surface area contributed by atoms with E-state index < -0.39 is 5.82 Å². The number of fused-ring (bicyclic) bond motifs is 1. The predicted octanol–water partition coefficient (Wildman–Crippen LogP) is 4.03. The number of phenolic OH excluding ortho intramolecular Hbond substituents is 1. The summed E-state index contributed by atoms with van der Waals surface area (Å²) in [5.74, 6) is -0.736. The van der Waals surface area contributed by atoms with Crippen molar-refractivity contribution in [1.29, 1.82) is 0 Å². The minimum Gasteiger partial charge on any atom is -0.505 e. The van der Waals surface area contributed by atoms with Gasteiger partial charge in [0.2, 0.25) is 0 Å². The van der Waals surface area contributed by atoms with Crippen molar-refractivity contribution in [3.63, 3.8) is 0 Å². The first-order chi connectivity index (χ1) is 8.95. The van der Waals surface area contributed by atoms with Crippen LogP contribution >= 0.6 is 15.9 Å². The molecule has 0 amide bonds. The van der Waals surface area contributed by atoms with Gasteiger partial charge in [-0.25, -0.2) is 4.39 Å². The molecule has 4 heteroatoms. The maximum atomic E-state index is 13.5. The van der Waals surface area contributed by atoms with E-state index in [-0.39, 0.29) is 22.9 Å². The number of halogens is 2. The first kappa shape index (κ1) is 12.9. The first-order valence-electron chi connectivity index (χ1n) is 6.38. The standard InChI is InChI=1S/C15H14BrFO2/c1-15-6-2-3-9(15)12(13(16)14(15)19)8-4-5-11(18)10(17)7-8/h4-5,7,9,18H,2-3,6H2,1H3. The van der Waals surface area contributed by atoms with E-state index in [1.54, 1.807) is 6.07 Å². The number of ketones is 1. The lowest BCUT2D eigenvalue weighted by Gasteiger charge is -2.24. The molecule has 2 aliphatic rings. The molecule has 0 bridgehead atoms. The summed E-state index contributed by atoms with van der Waals surface area (Å²) in [6.07, 6.45) is 2.86. The smallest absolute Gasteiger partial charge is 0.176 e. The lowest BCUT2D eigenvalue weighted by atomic mass is 9.78. The van der Waals surface area contributed by atoms with Gasteiger partial charge in [0.05, 0.1) is 4.48 Å². The molecule has 0 radical (unpaired) electrons. The van der Waals surface area contributed by atoms with Crippen molar-refractivity contribution in [2.45, 2.75) is 26.2 Å². The largest absolute Gasteiger partial charge is 0.505 e. The number of Topliss-reactive ketones (excluding diaryl/α,β-unsaturated/α-hetero) is 1. The molecular weight excluding hydrogens is 311 g/mol. The molecule has 0 spiro atoms. The van der Waals surface area contributed by atoms with Crippen LogP contribution in [0.2, 0.25) is 0 Å². The van der Waals surface area contributed by atoms with Crippen LogP contribution in [0.5, 0.6) is 5.75 Å². The fourth-order valence-corrected chi connectivity index (χ4v) is 4.39. The molecular formula is C15H14BrFO2. The number of aromatic hydroxyl groups is 1. The maximum absolute atomic E-state index is 13.5. The van der Waals surface area contributed by atoms with Crippen LogP contribution in [-0.2, 0) is 4.79 Å². The zero-order chi connectivity index (χ0) is 13.8. The normalized spacial score (nSPS) is 30.1. The molecule has 1 aromatic rings. The van der Waals surface area contributed by atoms with Gasteiger partial charge in [0.1, 0.15) is 0 Å². The second-order valence-corrected chi connectivity index (χ2v) is 6.38. The Morgan fingerprint density at radius 3 is 2.89 bits per heavy atom. The Morgan fingerprint density at radius 2 is 2.21 bits per heavy atom. The van der Waals surface area contributed by atoms with Crippen LogP contribution < -0.4 is 0 Å². The number of rotatable bonds is 1. The topological polar surface area (TPSA) is 37.3 Å². The number of allylic oxidation sites excluding steroid dienone is 2. The molecule has 19 heavy (non-hydrogen) atoms. The number of hydrogen-bond acceptors (Lipinski definition) is 2. The molecule has 1 aromatic carbocycles. The molecule has 0 saturated heterocycles. The second-order valence-electron chi connectivity index (χ2n) is 5.59. The van der Waals surface area contributed by atoms with Gasteiger partial charge in [-0.3, -0.25) is 4.79 Å². The molecule has 2 nitrogen and oxygen atoms in total. The van der Waals surface area contributed by atoms with Gasteiger partial charge >= 0.3 is 0 Å². The first-order valence-corrected chi connectivity index (χ1v) is 7.18. The van der Waals surface area contributed by atoms with Gasteiger partial charge in [-0.05, 0) is 58.0 Å². The second kappa shape index (κ2) is 4.17. The van der Waals surface area contributed by atoms with E-state index >= 15 is 0 Å². The summed E-state index contributed by atoms with van der Waals surface area (Å²) in [6.45, 7) is 2.00. The summed E-state index contributed by atoms with van der Waals surface area (Å²) in [4.78, 5) is 12.4. The Kier molecular flexibility index (Phi) is 2.82. The zero-order valence-electron chi connectivity index (χ0n) is 10.5. The highest BCUT2D eigenvalue weighted by Gasteiger charge is 2.53. The van der Waals surface area contributed by atoms with Crippen LogP contribution in [0.15, 0.2) is 22.7 Å². The van der Waals surface area contributed by atoms with E-state index in [0.29, 0.717) is 10.0 Å². The highest BCUT2D eigenvalue weighted by Crippen LogP contribution is 2.58. The lowest BCUT2D eigenvalue weighted by molar-refractivity contribution is -0.122. The third kappa shape index (κ3) is 1.69. The van der Waals surface area contributed by atoms with Crippen molar-refractivity contribution in [2.24, 2.45) is 11.3 Å². The van der Waals surface area contributed by atoms with E-state index in [9.17, 15) is 14.3 Å². The quantitative estimate of drug-likeness (QED) is 0.846. The number of benzene rings is 1. The average Bonchev–Trinajstić information content (AvgIpc) is 2.83. The van der Waals surface area contributed by atoms with Crippen LogP contribution in [0.25, 0.3) is 5.57 Å². The predicted molar refractivity (Wildman–Crippen MR) is 74.4 cm³/mol. The molecule has 1 N–H and O–H groups in total. The number of carbonyl (C=O) groups excluding carboxylic acids is 1. The van der Waals surface area contributed by atoms with E-state index in [1.807, 2.05) is 6.92 Å². The number of phenols is 1. The average molecular weight is 325 g/mol. The van der Waals surface area contributed by atoms with Crippen LogP contribution in [0, 0.1) is 17.2 Å². The molecule has 1 fully saturated rings. The molecule has 2 atom stereocenters. The highest BCUT2D eigenvalue weighted by atomic mass is 79.9. The van der Waals surface area contributed by atoms with Crippen LogP contribution in [0.3, 0.4) is 0 Å². The zero-order valence-corrected chi connectivity index (χ0v) is 12.1. The molecule has 3 rings (SSSR count). The van der Waals surface area contributed by atoms with Gasteiger partial charge in [0.15, 0.2) is 17.3 Å². The van der Waals surface area contributed by atoms with Gasteiger partial charge in [-0.2, -0.15) is 0 Å². The van der Waals surface area contributed by atoms with Crippen LogP contribution in [0.4, 0.5) is 4.39 Å². The summed E-state index contributed by atoms with van der Waals surface area (Å²) in [6, 6.07) is 4.32. The number of hydrogen-bond donors (Lipinski definition) is 1. The Labute approximate surface area is 119 Å². The van der Waals surface area contributed by atoms with E-state index in [2.05, 4.69) is 15.9 Å². The Morgan fingerprint density at radius 1 is 1.47 bits per heavy atom. The van der Waals surface area contributed by atoms with Crippen molar-refractivity contribution in [3.8, 4) is 5.75 Å². The van der Waals surface area contributed by atoms with Crippen molar-refractivity contribution in [2.75, 3.05) is 0 Å². The van der Waals surface area contributed by atoms with Crippen molar-refractivity contribution in [1.82, 2.24) is 0 Å². The minimum absolute atomic E-state index is 0.124. The van der Waals surface area contributed by atoms with Crippen molar-refractivity contribution in [3.05, 3.63) is 34.1 Å². The molecule has 0 heterocycles. The summed E-state index contributed by atoms with van der Waals surface area (Å²) in [7, 11) is 0. The number of carbonyl (C=O) groups is 1. The van der Waals surface area contributed by atoms with Crippen molar-refractivity contribution < 1.29 is 14.3 Å². The van der Waals surface area contributed by atoms with Crippen LogP contribution in [-0.4, -0.2) is 10.9 Å². The lowest BCUT2D eigenvalue weighted by Crippen LogP contribution is -2.25. The van der Waals surface area contributed by atoms with Crippen molar-refractivity contribution >= 4 is 27.3 Å². The van der Waals surface area contributed by atoms with Gasteiger partial charge in [-0.15, -0.1) is 0 Å². The third-order valence-corrected chi connectivity index (χ3v) is 5.31. The van der Waals surface area contributed by atoms with E-state index in [1.165, 1.54) is 12.1 Å². The summed E-state index contributed by atoms with van der Waals surface area (Å²) in [5, 5.41) is 9.27. The summed E-state index contributed by atoms with van der Waals surface area (Å²) < 4.78 is 14.1. The van der Waals surface area contributed by atoms with Gasteiger partial charge in [0.25, 0.3) is 0 Å². The molecule has 0 aromatic heterocycles. The van der Waals surface area contributed by atoms with Gasteiger partial charge < -0.3 is 5.11 Å². The Balaban J connectivity index is 2.13. The molecule has 2 aliphatic carbocycles. The summed E-state index contributed by atoms with van der Waals surface area (Å²) in [5.41, 5.74) is 1.23. The Bertz CT molecular complexity index is 608. The highest BCUT2D eigenvalue weighted by molar-refractivity contribution is 9.12. The summed E-state index contributed by atoms with van der Waals surface area (Å²) >= 11 is 3.39. The molecule has 0 aliphatic heterocycles. The minimum atomic E-state index is -0.649. The fraction of sp³-hybridized carbons (Fsp3) is 0.400. The van der Waals surface area contributed by atoms with E-state index in [0.717, 1.165) is 24.8 Å². The van der Waals surface area contributed by atoms with Gasteiger partial charge in [-0.1, -0.05) is 19.4 Å². The molecule has 100 valence electrons. The fourth-order valence-electron chi connectivity index (χ4n) is 3.43. The molecule has 1 saturated carbocycles. The Hall–Kier alpha value is -1.16. The van der Waals surface area contributed by atoms with Gasteiger partial charge in [0, 0.05) is 5.41 Å². The third-order valence-electron chi connectivity index (χ3n) is 4.52.